The van der Waals surface area contributed by atoms with Crippen molar-refractivity contribution in [2.24, 2.45) is 0 Å². The van der Waals surface area contributed by atoms with Crippen LogP contribution in [0.15, 0.2) is 16.9 Å². The van der Waals surface area contributed by atoms with Gasteiger partial charge >= 0.3 is 5.69 Å². The highest BCUT2D eigenvalue weighted by Crippen LogP contribution is 2.28. The molecular formula is C21H32Cl2N2O. The molecule has 26 heavy (non-hydrogen) atoms. The minimum absolute atomic E-state index is 0.0734. The number of aromatic nitrogens is 2. The van der Waals surface area contributed by atoms with Gasteiger partial charge in [-0.3, -0.25) is 9.13 Å². The summed E-state index contributed by atoms with van der Waals surface area (Å²) in [5.74, 6) is 0. The molecule has 0 atom stereocenters. The average molecular weight is 399 g/mol. The first-order chi connectivity index (χ1) is 12.6. The second kappa shape index (κ2) is 11.0. The van der Waals surface area contributed by atoms with E-state index in [9.17, 15) is 4.79 Å². The van der Waals surface area contributed by atoms with Gasteiger partial charge in [0.1, 0.15) is 0 Å². The van der Waals surface area contributed by atoms with Crippen molar-refractivity contribution in [1.82, 2.24) is 9.13 Å². The molecule has 2 aromatic rings. The molecular weight excluding hydrogens is 367 g/mol. The van der Waals surface area contributed by atoms with Crippen molar-refractivity contribution in [3.63, 3.8) is 0 Å². The first-order valence-corrected chi connectivity index (χ1v) is 10.9. The molecule has 0 aliphatic carbocycles. The van der Waals surface area contributed by atoms with Crippen molar-refractivity contribution in [3.05, 3.63) is 32.7 Å². The quantitative estimate of drug-likeness (QED) is 0.351. The van der Waals surface area contributed by atoms with Crippen LogP contribution in [0.3, 0.4) is 0 Å². The fourth-order valence-electron chi connectivity index (χ4n) is 3.49. The Morgan fingerprint density at radius 2 is 1.08 bits per heavy atom. The Hall–Kier alpha value is -0.930. The largest absolute Gasteiger partial charge is 0.329 e. The van der Waals surface area contributed by atoms with Crippen molar-refractivity contribution >= 4 is 34.2 Å². The van der Waals surface area contributed by atoms with Crippen LogP contribution in [0.1, 0.15) is 78.1 Å². The van der Waals surface area contributed by atoms with Crippen molar-refractivity contribution in [2.75, 3.05) is 0 Å². The fourth-order valence-corrected chi connectivity index (χ4v) is 3.80. The predicted octanol–water partition coefficient (Wildman–Crippen LogP) is 7.05. The van der Waals surface area contributed by atoms with Gasteiger partial charge in [-0.2, -0.15) is 0 Å². The average Bonchev–Trinajstić information content (AvgIpc) is 2.86. The molecule has 0 unspecified atom stereocenters. The van der Waals surface area contributed by atoms with Gasteiger partial charge < -0.3 is 0 Å². The number of rotatable bonds is 12. The number of halogens is 2. The lowest BCUT2D eigenvalue weighted by atomic mass is 10.1. The number of hydrogen-bond donors (Lipinski definition) is 0. The molecule has 1 aromatic carbocycles. The molecule has 0 aliphatic heterocycles. The lowest BCUT2D eigenvalue weighted by Gasteiger charge is -2.04. The van der Waals surface area contributed by atoms with Gasteiger partial charge in [-0.15, -0.1) is 0 Å². The molecule has 1 heterocycles. The van der Waals surface area contributed by atoms with Gasteiger partial charge in [0.05, 0.1) is 21.1 Å². The van der Waals surface area contributed by atoms with Crippen molar-refractivity contribution in [1.29, 1.82) is 0 Å². The maximum Gasteiger partial charge on any atom is 0.329 e. The molecule has 3 nitrogen and oxygen atoms in total. The first kappa shape index (κ1) is 21.4. The Kier molecular flexibility index (Phi) is 9.07. The van der Waals surface area contributed by atoms with E-state index < -0.39 is 0 Å². The molecule has 0 radical (unpaired) electrons. The Balaban J connectivity index is 2.19. The van der Waals surface area contributed by atoms with E-state index in [1.54, 1.807) is 0 Å². The van der Waals surface area contributed by atoms with Crippen LogP contribution < -0.4 is 5.69 Å². The molecule has 146 valence electrons. The highest BCUT2D eigenvalue weighted by atomic mass is 35.5. The Bertz CT molecular complexity index is 689. The Labute approximate surface area is 167 Å². The normalized spacial score (nSPS) is 11.5. The van der Waals surface area contributed by atoms with Crippen LogP contribution in [-0.2, 0) is 13.1 Å². The molecule has 0 saturated heterocycles. The second-order valence-corrected chi connectivity index (χ2v) is 7.98. The van der Waals surface area contributed by atoms with Gasteiger partial charge in [-0.1, -0.05) is 88.4 Å². The van der Waals surface area contributed by atoms with Crippen LogP contribution in [0.5, 0.6) is 0 Å². The molecule has 0 amide bonds. The Morgan fingerprint density at radius 3 is 1.46 bits per heavy atom. The SMILES string of the molecule is CCCCCCCn1c(=O)n(CCCCCCC)c2cc(Cl)c(Cl)cc21. The third kappa shape index (κ3) is 5.53. The van der Waals surface area contributed by atoms with Crippen molar-refractivity contribution < 1.29 is 0 Å². The van der Waals surface area contributed by atoms with Gasteiger partial charge in [0.15, 0.2) is 0 Å². The van der Waals surface area contributed by atoms with E-state index in [2.05, 4.69) is 13.8 Å². The molecule has 0 aliphatic rings. The summed E-state index contributed by atoms with van der Waals surface area (Å²) in [4.78, 5) is 13.0. The Morgan fingerprint density at radius 1 is 0.692 bits per heavy atom. The molecule has 0 spiro atoms. The number of aryl methyl sites for hydroxylation is 2. The molecule has 5 heteroatoms. The molecule has 0 fully saturated rings. The third-order valence-electron chi connectivity index (χ3n) is 5.03. The molecule has 0 saturated carbocycles. The summed E-state index contributed by atoms with van der Waals surface area (Å²) in [6.07, 6.45) is 11.8. The minimum atomic E-state index is 0.0734. The van der Waals surface area contributed by atoms with Gasteiger partial charge in [-0.25, -0.2) is 4.79 Å². The smallest absolute Gasteiger partial charge is 0.292 e. The van der Waals surface area contributed by atoms with Crippen LogP contribution in [0.4, 0.5) is 0 Å². The van der Waals surface area contributed by atoms with Gasteiger partial charge in [0.2, 0.25) is 0 Å². The number of fused-ring (bicyclic) bond motifs is 1. The first-order valence-electron chi connectivity index (χ1n) is 10.2. The maximum atomic E-state index is 13.0. The van der Waals surface area contributed by atoms with Crippen molar-refractivity contribution in [3.8, 4) is 0 Å². The standard InChI is InChI=1S/C21H32Cl2N2O/c1-3-5-7-9-11-13-24-19-15-17(22)18(23)16-20(19)25(21(24)26)14-12-10-8-6-4-2/h15-16H,3-14H2,1-2H3. The van der Waals surface area contributed by atoms with Crippen LogP contribution >= 0.6 is 23.2 Å². The number of benzene rings is 1. The lowest BCUT2D eigenvalue weighted by Crippen LogP contribution is -2.24. The third-order valence-corrected chi connectivity index (χ3v) is 5.75. The van der Waals surface area contributed by atoms with Crippen LogP contribution in [0.2, 0.25) is 10.0 Å². The summed E-state index contributed by atoms with van der Waals surface area (Å²) in [5.41, 5.74) is 1.89. The monoisotopic (exact) mass is 398 g/mol. The van der Waals surface area contributed by atoms with Crippen molar-refractivity contribution in [2.45, 2.75) is 91.1 Å². The summed E-state index contributed by atoms with van der Waals surface area (Å²) >= 11 is 12.5. The van der Waals surface area contributed by atoms with Gasteiger partial charge in [-0.05, 0) is 25.0 Å². The number of nitrogens with zero attached hydrogens (tertiary/aromatic N) is 2. The molecule has 0 bridgehead atoms. The molecule has 1 aromatic heterocycles. The van der Waals surface area contributed by atoms with E-state index in [-0.39, 0.29) is 5.69 Å². The van der Waals surface area contributed by atoms with E-state index in [0.29, 0.717) is 10.0 Å². The van der Waals surface area contributed by atoms with E-state index in [1.165, 1.54) is 38.5 Å². The molecule has 0 N–H and O–H groups in total. The lowest BCUT2D eigenvalue weighted by molar-refractivity contribution is 0.533. The topological polar surface area (TPSA) is 26.9 Å². The highest BCUT2D eigenvalue weighted by Gasteiger charge is 2.15. The summed E-state index contributed by atoms with van der Waals surface area (Å²) in [5, 5.41) is 1.03. The van der Waals surface area contributed by atoms with Gasteiger partial charge in [0, 0.05) is 13.1 Å². The van der Waals surface area contributed by atoms with Crippen LogP contribution in [-0.4, -0.2) is 9.13 Å². The summed E-state index contributed by atoms with van der Waals surface area (Å²) in [6, 6.07) is 3.69. The van der Waals surface area contributed by atoms with E-state index in [0.717, 1.165) is 49.8 Å². The predicted molar refractivity (Wildman–Crippen MR) is 114 cm³/mol. The van der Waals surface area contributed by atoms with E-state index in [4.69, 9.17) is 23.2 Å². The van der Waals surface area contributed by atoms with E-state index in [1.807, 2.05) is 21.3 Å². The second-order valence-electron chi connectivity index (χ2n) is 7.17. The summed E-state index contributed by atoms with van der Waals surface area (Å²) < 4.78 is 3.77. The maximum absolute atomic E-state index is 13.0. The number of imidazole rings is 1. The summed E-state index contributed by atoms with van der Waals surface area (Å²) in [7, 11) is 0. The summed E-state index contributed by atoms with van der Waals surface area (Å²) in [6.45, 7) is 5.93. The zero-order chi connectivity index (χ0) is 18.9. The highest BCUT2D eigenvalue weighted by molar-refractivity contribution is 6.42. The minimum Gasteiger partial charge on any atom is -0.292 e. The number of unbranched alkanes of at least 4 members (excludes halogenated alkanes) is 8. The van der Waals surface area contributed by atoms with Crippen LogP contribution in [0, 0.1) is 0 Å². The molecule has 2 rings (SSSR count). The number of hydrogen-bond acceptors (Lipinski definition) is 1. The van der Waals surface area contributed by atoms with Gasteiger partial charge in [0.25, 0.3) is 0 Å². The zero-order valence-corrected chi connectivity index (χ0v) is 17.7. The van der Waals surface area contributed by atoms with Crippen LogP contribution in [0.25, 0.3) is 11.0 Å². The zero-order valence-electron chi connectivity index (χ0n) is 16.2. The van der Waals surface area contributed by atoms with E-state index >= 15 is 0 Å². The fraction of sp³-hybridized carbons (Fsp3) is 0.667.